The molecule has 0 aliphatic carbocycles. The molecule has 0 saturated carbocycles. The Hall–Kier alpha value is -1.98. The molecule has 0 spiro atoms. The minimum absolute atomic E-state index is 0.199. The fourth-order valence-corrected chi connectivity index (χ4v) is 3.04. The first-order valence-corrected chi connectivity index (χ1v) is 8.61. The van der Waals surface area contributed by atoms with E-state index in [1.165, 1.54) is 5.56 Å². The Kier molecular flexibility index (Phi) is 5.43. The van der Waals surface area contributed by atoms with Gasteiger partial charge in [-0.15, -0.1) is 0 Å². The molecule has 3 rings (SSSR count). The van der Waals surface area contributed by atoms with Crippen LogP contribution in [-0.2, 0) is 6.54 Å². The number of nitrogens with one attached hydrogen (secondary N) is 1. The van der Waals surface area contributed by atoms with E-state index in [1.54, 1.807) is 0 Å². The van der Waals surface area contributed by atoms with Crippen LogP contribution in [0.15, 0.2) is 36.7 Å². The average Bonchev–Trinajstić information content (AvgIpc) is 2.58. The molecule has 0 amide bonds. The Morgan fingerprint density at radius 2 is 1.92 bits per heavy atom. The lowest BCUT2D eigenvalue weighted by atomic mass is 10.0. The molecule has 5 nitrogen and oxygen atoms in total. The SMILES string of the molecule is Cc1ncc(CN2CCNCC2c2ccc(OC(C)C)cc2)cn1. The van der Waals surface area contributed by atoms with Gasteiger partial charge in [0, 0.05) is 50.2 Å². The average molecular weight is 326 g/mol. The van der Waals surface area contributed by atoms with E-state index in [1.807, 2.05) is 33.2 Å². The monoisotopic (exact) mass is 326 g/mol. The quantitative estimate of drug-likeness (QED) is 0.915. The topological polar surface area (TPSA) is 50.3 Å². The molecular formula is C19H26N4O. The molecule has 1 aliphatic heterocycles. The van der Waals surface area contributed by atoms with Gasteiger partial charge in [-0.2, -0.15) is 0 Å². The third kappa shape index (κ3) is 4.30. The fraction of sp³-hybridized carbons (Fsp3) is 0.474. The van der Waals surface area contributed by atoms with Crippen molar-refractivity contribution in [1.29, 1.82) is 0 Å². The molecule has 1 N–H and O–H groups in total. The van der Waals surface area contributed by atoms with Gasteiger partial charge >= 0.3 is 0 Å². The van der Waals surface area contributed by atoms with Crippen molar-refractivity contribution in [3.05, 3.63) is 53.6 Å². The van der Waals surface area contributed by atoms with Crippen LogP contribution in [0.1, 0.15) is 36.8 Å². The number of rotatable bonds is 5. The third-order valence-electron chi connectivity index (χ3n) is 4.21. The number of benzene rings is 1. The minimum atomic E-state index is 0.199. The van der Waals surface area contributed by atoms with Crippen molar-refractivity contribution in [2.24, 2.45) is 0 Å². The van der Waals surface area contributed by atoms with E-state index in [9.17, 15) is 0 Å². The molecule has 0 radical (unpaired) electrons. The van der Waals surface area contributed by atoms with Gasteiger partial charge in [0.25, 0.3) is 0 Å². The van der Waals surface area contributed by atoms with Crippen LogP contribution in [0.4, 0.5) is 0 Å². The van der Waals surface area contributed by atoms with Gasteiger partial charge in [-0.05, 0) is 38.5 Å². The van der Waals surface area contributed by atoms with Gasteiger partial charge in [0.05, 0.1) is 6.10 Å². The number of nitrogens with zero attached hydrogens (tertiary/aromatic N) is 3. The van der Waals surface area contributed by atoms with Crippen LogP contribution in [0.3, 0.4) is 0 Å². The summed E-state index contributed by atoms with van der Waals surface area (Å²) in [5.41, 5.74) is 2.47. The lowest BCUT2D eigenvalue weighted by molar-refractivity contribution is 0.153. The van der Waals surface area contributed by atoms with Crippen LogP contribution >= 0.6 is 0 Å². The molecule has 1 aliphatic rings. The van der Waals surface area contributed by atoms with Crippen LogP contribution in [0, 0.1) is 6.92 Å². The Bertz CT molecular complexity index is 639. The van der Waals surface area contributed by atoms with Crippen molar-refractivity contribution >= 4 is 0 Å². The van der Waals surface area contributed by atoms with Crippen molar-refractivity contribution in [3.8, 4) is 5.75 Å². The smallest absolute Gasteiger partial charge is 0.125 e. The van der Waals surface area contributed by atoms with Crippen molar-refractivity contribution in [2.45, 2.75) is 39.5 Å². The molecule has 2 heterocycles. The summed E-state index contributed by atoms with van der Waals surface area (Å²) in [5, 5.41) is 3.50. The lowest BCUT2D eigenvalue weighted by Crippen LogP contribution is -2.45. The van der Waals surface area contributed by atoms with Crippen molar-refractivity contribution < 1.29 is 4.74 Å². The van der Waals surface area contributed by atoms with Gasteiger partial charge in [-0.1, -0.05) is 12.1 Å². The third-order valence-corrected chi connectivity index (χ3v) is 4.21. The Balaban J connectivity index is 1.72. The molecule has 128 valence electrons. The van der Waals surface area contributed by atoms with Crippen LogP contribution < -0.4 is 10.1 Å². The summed E-state index contributed by atoms with van der Waals surface area (Å²) in [5.74, 6) is 1.74. The predicted molar refractivity (Wildman–Crippen MR) is 95.0 cm³/mol. The minimum Gasteiger partial charge on any atom is -0.491 e. The second kappa shape index (κ2) is 7.73. The molecular weight excluding hydrogens is 300 g/mol. The van der Waals surface area contributed by atoms with Crippen molar-refractivity contribution in [1.82, 2.24) is 20.2 Å². The number of hydrogen-bond donors (Lipinski definition) is 1. The fourth-order valence-electron chi connectivity index (χ4n) is 3.04. The van der Waals surface area contributed by atoms with Crippen molar-refractivity contribution in [3.63, 3.8) is 0 Å². The highest BCUT2D eigenvalue weighted by molar-refractivity contribution is 5.30. The highest BCUT2D eigenvalue weighted by Gasteiger charge is 2.24. The summed E-state index contributed by atoms with van der Waals surface area (Å²) in [6.45, 7) is 9.86. The molecule has 1 fully saturated rings. The Morgan fingerprint density at radius 1 is 1.21 bits per heavy atom. The van der Waals surface area contributed by atoms with Gasteiger partial charge in [-0.3, -0.25) is 4.90 Å². The molecule has 5 heteroatoms. The molecule has 1 aromatic heterocycles. The Labute approximate surface area is 144 Å². The zero-order valence-electron chi connectivity index (χ0n) is 14.7. The maximum Gasteiger partial charge on any atom is 0.125 e. The van der Waals surface area contributed by atoms with E-state index in [0.717, 1.165) is 43.3 Å². The van der Waals surface area contributed by atoms with Crippen LogP contribution in [-0.4, -0.2) is 40.6 Å². The van der Waals surface area contributed by atoms with Gasteiger partial charge in [0.15, 0.2) is 0 Å². The number of ether oxygens (including phenoxy) is 1. The molecule has 0 bridgehead atoms. The first kappa shape index (κ1) is 16.9. The molecule has 1 atom stereocenters. The standard InChI is InChI=1S/C19H26N4O/c1-14(2)24-18-6-4-17(5-7-18)19-12-20-8-9-23(19)13-16-10-21-15(3)22-11-16/h4-7,10-11,14,19-20H,8-9,12-13H2,1-3H3. The van der Waals surface area contributed by atoms with Crippen LogP contribution in [0.5, 0.6) is 5.75 Å². The molecule has 1 aromatic carbocycles. The first-order valence-electron chi connectivity index (χ1n) is 8.61. The second-order valence-corrected chi connectivity index (χ2v) is 6.56. The zero-order valence-corrected chi connectivity index (χ0v) is 14.7. The number of aromatic nitrogens is 2. The van der Waals surface area contributed by atoms with Gasteiger partial charge in [-0.25, -0.2) is 9.97 Å². The summed E-state index contributed by atoms with van der Waals surface area (Å²) in [6.07, 6.45) is 4.06. The van der Waals surface area contributed by atoms with Gasteiger partial charge in [0.1, 0.15) is 11.6 Å². The normalized spacial score (nSPS) is 18.8. The van der Waals surface area contributed by atoms with Crippen molar-refractivity contribution in [2.75, 3.05) is 19.6 Å². The molecule has 1 unspecified atom stereocenters. The van der Waals surface area contributed by atoms with E-state index in [2.05, 4.69) is 44.5 Å². The van der Waals surface area contributed by atoms with Gasteiger partial charge in [0.2, 0.25) is 0 Å². The first-order chi connectivity index (χ1) is 11.6. The summed E-state index contributed by atoms with van der Waals surface area (Å²) >= 11 is 0. The maximum atomic E-state index is 5.74. The van der Waals surface area contributed by atoms with E-state index < -0.39 is 0 Å². The number of aryl methyl sites for hydroxylation is 1. The predicted octanol–water partition coefficient (Wildman–Crippen LogP) is 2.72. The van der Waals surface area contributed by atoms with E-state index >= 15 is 0 Å². The van der Waals surface area contributed by atoms with E-state index in [0.29, 0.717) is 6.04 Å². The lowest BCUT2D eigenvalue weighted by Gasteiger charge is -2.36. The molecule has 1 saturated heterocycles. The second-order valence-electron chi connectivity index (χ2n) is 6.56. The Morgan fingerprint density at radius 3 is 2.58 bits per heavy atom. The molecule has 24 heavy (non-hydrogen) atoms. The summed E-state index contributed by atoms with van der Waals surface area (Å²) in [7, 11) is 0. The van der Waals surface area contributed by atoms with E-state index in [4.69, 9.17) is 4.74 Å². The number of piperazine rings is 1. The van der Waals surface area contributed by atoms with Crippen LogP contribution in [0.2, 0.25) is 0 Å². The summed E-state index contributed by atoms with van der Waals surface area (Å²) < 4.78 is 5.74. The zero-order chi connectivity index (χ0) is 16.9. The number of hydrogen-bond acceptors (Lipinski definition) is 5. The van der Waals surface area contributed by atoms with Crippen LogP contribution in [0.25, 0.3) is 0 Å². The highest BCUT2D eigenvalue weighted by atomic mass is 16.5. The highest BCUT2D eigenvalue weighted by Crippen LogP contribution is 2.26. The summed E-state index contributed by atoms with van der Waals surface area (Å²) in [4.78, 5) is 11.1. The maximum absolute atomic E-state index is 5.74. The summed E-state index contributed by atoms with van der Waals surface area (Å²) in [6, 6.07) is 8.84. The van der Waals surface area contributed by atoms with Gasteiger partial charge < -0.3 is 10.1 Å². The van der Waals surface area contributed by atoms with E-state index in [-0.39, 0.29) is 6.10 Å². The largest absolute Gasteiger partial charge is 0.491 e. The molecule has 2 aromatic rings.